The zero-order valence-electron chi connectivity index (χ0n) is 16.7. The zero-order valence-corrected chi connectivity index (χ0v) is 16.7. The first-order chi connectivity index (χ1) is 13.6. The van der Waals surface area contributed by atoms with E-state index in [2.05, 4.69) is 49.0 Å². The molecule has 1 unspecified atom stereocenters. The van der Waals surface area contributed by atoms with Crippen molar-refractivity contribution in [3.8, 4) is 24.0 Å². The fraction of sp³-hybridized carbons (Fsp3) is 0.269. The lowest BCUT2D eigenvalue weighted by Crippen LogP contribution is -2.19. The van der Waals surface area contributed by atoms with Crippen LogP contribution < -0.4 is 4.74 Å². The van der Waals surface area contributed by atoms with Crippen molar-refractivity contribution in [2.75, 3.05) is 0 Å². The van der Waals surface area contributed by atoms with Crippen molar-refractivity contribution < 1.29 is 4.74 Å². The van der Waals surface area contributed by atoms with Gasteiger partial charge in [-0.3, -0.25) is 0 Å². The van der Waals surface area contributed by atoms with Crippen molar-refractivity contribution in [3.05, 3.63) is 89.6 Å². The average molecular weight is 370 g/mol. The monoisotopic (exact) mass is 369 g/mol. The third-order valence-electron chi connectivity index (χ3n) is 5.17. The van der Waals surface area contributed by atoms with E-state index in [0.29, 0.717) is 5.88 Å². The second-order valence-electron chi connectivity index (χ2n) is 7.26. The second kappa shape index (κ2) is 9.24. The minimum absolute atomic E-state index is 0.260. The lowest BCUT2D eigenvalue weighted by Gasteiger charge is -2.24. The van der Waals surface area contributed by atoms with Crippen LogP contribution in [0.4, 0.5) is 0 Å². The Hall–Kier alpha value is -3.05. The molecule has 1 atom stereocenters. The summed E-state index contributed by atoms with van der Waals surface area (Å²) < 4.78 is 5.84. The van der Waals surface area contributed by atoms with E-state index >= 15 is 0 Å². The molecule has 2 nitrogen and oxygen atoms in total. The molecule has 2 aromatic carbocycles. The summed E-state index contributed by atoms with van der Waals surface area (Å²) in [6.07, 6.45) is 9.71. The number of benzene rings is 2. The Morgan fingerprint density at radius 3 is 2.39 bits per heavy atom. The molecule has 0 spiro atoms. The molecule has 0 N–H and O–H groups in total. The first-order valence-electron chi connectivity index (χ1n) is 9.89. The molecule has 0 saturated carbocycles. The van der Waals surface area contributed by atoms with Crippen LogP contribution in [0.1, 0.15) is 43.5 Å². The van der Waals surface area contributed by atoms with Crippen LogP contribution in [0.25, 0.3) is 0 Å². The Labute approximate surface area is 168 Å². The number of aryl methyl sites for hydroxylation is 2. The molecule has 142 valence electrons. The van der Waals surface area contributed by atoms with Gasteiger partial charge in [-0.05, 0) is 61.9 Å². The molecule has 2 heteroatoms. The van der Waals surface area contributed by atoms with E-state index in [9.17, 15) is 0 Å². The van der Waals surface area contributed by atoms with Crippen LogP contribution in [0.15, 0.2) is 72.8 Å². The van der Waals surface area contributed by atoms with Crippen LogP contribution >= 0.6 is 0 Å². The molecule has 0 saturated heterocycles. The lowest BCUT2D eigenvalue weighted by molar-refractivity contribution is 0.459. The highest BCUT2D eigenvalue weighted by atomic mass is 16.5. The van der Waals surface area contributed by atoms with Gasteiger partial charge in [0.15, 0.2) is 0 Å². The molecule has 0 aliphatic carbocycles. The Kier molecular flexibility index (Phi) is 6.50. The van der Waals surface area contributed by atoms with Crippen molar-refractivity contribution in [1.29, 1.82) is 0 Å². The number of para-hydroxylation sites is 1. The number of hydrogen-bond acceptors (Lipinski definition) is 2. The Morgan fingerprint density at radius 1 is 0.964 bits per heavy atom. The van der Waals surface area contributed by atoms with Gasteiger partial charge >= 0.3 is 0 Å². The minimum Gasteiger partial charge on any atom is -0.439 e. The van der Waals surface area contributed by atoms with Crippen molar-refractivity contribution >= 4 is 0 Å². The maximum atomic E-state index is 5.91. The largest absolute Gasteiger partial charge is 0.439 e. The van der Waals surface area contributed by atoms with Crippen molar-refractivity contribution in [1.82, 2.24) is 4.98 Å². The number of rotatable bonds is 8. The predicted octanol–water partition coefficient (Wildman–Crippen LogP) is 6.35. The lowest BCUT2D eigenvalue weighted by atomic mass is 9.78. The molecule has 28 heavy (non-hydrogen) atoms. The van der Waals surface area contributed by atoms with Gasteiger partial charge in [-0.1, -0.05) is 61.4 Å². The number of nitrogens with zero attached hydrogens (tertiary/aromatic N) is 1. The first-order valence-corrected chi connectivity index (χ1v) is 9.89. The van der Waals surface area contributed by atoms with Gasteiger partial charge in [-0.2, -0.15) is 0 Å². The average Bonchev–Trinajstić information content (AvgIpc) is 2.75. The van der Waals surface area contributed by atoms with Crippen LogP contribution in [0, 0.1) is 12.3 Å². The highest BCUT2D eigenvalue weighted by Gasteiger charge is 2.23. The van der Waals surface area contributed by atoms with Crippen molar-refractivity contribution in [2.24, 2.45) is 0 Å². The van der Waals surface area contributed by atoms with E-state index < -0.39 is 0 Å². The molecule has 0 fully saturated rings. The summed E-state index contributed by atoms with van der Waals surface area (Å²) in [7, 11) is 0. The fourth-order valence-corrected chi connectivity index (χ4v) is 3.29. The summed E-state index contributed by atoms with van der Waals surface area (Å²) in [6, 6.07) is 24.3. The molecule has 0 aliphatic rings. The van der Waals surface area contributed by atoms with Gasteiger partial charge in [0.05, 0.1) is 5.41 Å². The summed E-state index contributed by atoms with van der Waals surface area (Å²) in [5, 5.41) is 0. The molecule has 0 radical (unpaired) electrons. The van der Waals surface area contributed by atoms with E-state index in [0.717, 1.165) is 37.1 Å². The third-order valence-corrected chi connectivity index (χ3v) is 5.17. The summed E-state index contributed by atoms with van der Waals surface area (Å²) in [4.78, 5) is 4.63. The molecule has 1 aromatic heterocycles. The SMILES string of the molecule is C#CC(C)(CCCc1cccc(Oc2ccccc2)n1)c1ccc(CC)cc1. The molecule has 0 amide bonds. The molecule has 1 heterocycles. The smallest absolute Gasteiger partial charge is 0.219 e. The van der Waals surface area contributed by atoms with E-state index in [1.54, 1.807) is 0 Å². The first kappa shape index (κ1) is 19.7. The number of terminal acetylenes is 1. The van der Waals surface area contributed by atoms with Crippen LogP contribution in [0.5, 0.6) is 11.6 Å². The molecule has 3 aromatic rings. The number of ether oxygens (including phenoxy) is 1. The summed E-state index contributed by atoms with van der Waals surface area (Å²) in [6.45, 7) is 4.31. The van der Waals surface area contributed by atoms with E-state index in [1.165, 1.54) is 11.1 Å². The van der Waals surface area contributed by atoms with Crippen molar-refractivity contribution in [2.45, 2.75) is 44.9 Å². The Morgan fingerprint density at radius 2 is 1.71 bits per heavy atom. The molecule has 0 aliphatic heterocycles. The number of aromatic nitrogens is 1. The van der Waals surface area contributed by atoms with Gasteiger partial charge < -0.3 is 4.74 Å². The number of hydrogen-bond donors (Lipinski definition) is 0. The normalized spacial score (nSPS) is 12.8. The van der Waals surface area contributed by atoms with Crippen LogP contribution in [0.2, 0.25) is 0 Å². The quantitative estimate of drug-likeness (QED) is 0.432. The topological polar surface area (TPSA) is 22.1 Å². The van der Waals surface area contributed by atoms with Gasteiger partial charge in [0, 0.05) is 11.8 Å². The van der Waals surface area contributed by atoms with Crippen molar-refractivity contribution in [3.63, 3.8) is 0 Å². The van der Waals surface area contributed by atoms with Gasteiger partial charge in [0.25, 0.3) is 0 Å². The third kappa shape index (κ3) is 5.02. The zero-order chi connectivity index (χ0) is 19.8. The molecular weight excluding hydrogens is 342 g/mol. The van der Waals surface area contributed by atoms with Gasteiger partial charge in [-0.15, -0.1) is 6.42 Å². The van der Waals surface area contributed by atoms with E-state index in [4.69, 9.17) is 11.2 Å². The Balaban J connectivity index is 1.61. The van der Waals surface area contributed by atoms with Gasteiger partial charge in [-0.25, -0.2) is 4.98 Å². The summed E-state index contributed by atoms with van der Waals surface area (Å²) in [5.74, 6) is 4.44. The predicted molar refractivity (Wildman–Crippen MR) is 116 cm³/mol. The van der Waals surface area contributed by atoms with Gasteiger partial charge in [0.1, 0.15) is 5.75 Å². The summed E-state index contributed by atoms with van der Waals surface area (Å²) in [5.41, 5.74) is 3.31. The standard InChI is InChI=1S/C26H27NO/c1-4-21-16-18-22(19-17-21)26(3,5-2)20-10-12-23-11-9-15-25(27-23)28-24-13-7-6-8-14-24/h2,6-9,11,13-19H,4,10,12,20H2,1,3H3. The maximum Gasteiger partial charge on any atom is 0.219 e. The summed E-state index contributed by atoms with van der Waals surface area (Å²) >= 11 is 0. The highest BCUT2D eigenvalue weighted by Crippen LogP contribution is 2.29. The molecule has 3 rings (SSSR count). The van der Waals surface area contributed by atoms with Gasteiger partial charge in [0.2, 0.25) is 5.88 Å². The van der Waals surface area contributed by atoms with Crippen LogP contribution in [0.3, 0.4) is 0 Å². The van der Waals surface area contributed by atoms with E-state index in [1.807, 2.05) is 48.5 Å². The fourth-order valence-electron chi connectivity index (χ4n) is 3.29. The second-order valence-corrected chi connectivity index (χ2v) is 7.26. The van der Waals surface area contributed by atoms with E-state index in [-0.39, 0.29) is 5.41 Å². The van der Waals surface area contributed by atoms with Crippen LogP contribution in [-0.2, 0) is 18.3 Å². The molecular formula is C26H27NO. The maximum absolute atomic E-state index is 5.91. The Bertz CT molecular complexity index is 925. The highest BCUT2D eigenvalue weighted by molar-refractivity contribution is 5.35. The molecule has 0 bridgehead atoms. The minimum atomic E-state index is -0.260. The van der Waals surface area contributed by atoms with Crippen LogP contribution in [-0.4, -0.2) is 4.98 Å². The number of pyridine rings is 1.